The Morgan fingerprint density at radius 2 is 2.00 bits per heavy atom. The average Bonchev–Trinajstić information content (AvgIpc) is 2.41. The number of carboxylic acid groups (broad SMARTS) is 1. The fourth-order valence-corrected chi connectivity index (χ4v) is 3.98. The zero-order valence-electron chi connectivity index (χ0n) is 11.8. The first-order valence-corrected chi connectivity index (χ1v) is 7.76. The van der Waals surface area contributed by atoms with E-state index in [1.807, 2.05) is 0 Å². The van der Waals surface area contributed by atoms with Gasteiger partial charge in [-0.15, -0.1) is 0 Å². The van der Waals surface area contributed by atoms with E-state index in [1.165, 1.54) is 30.7 Å². The third-order valence-electron chi connectivity index (χ3n) is 3.38. The maximum absolute atomic E-state index is 12.5. The lowest BCUT2D eigenvalue weighted by atomic mass is 10.00. The van der Waals surface area contributed by atoms with Crippen LogP contribution in [0.4, 0.5) is 0 Å². The largest absolute Gasteiger partial charge is 0.497 e. The number of ether oxygens (including phenoxy) is 2. The van der Waals surface area contributed by atoms with Gasteiger partial charge in [-0.05, 0) is 18.1 Å². The molecule has 7 nitrogen and oxygen atoms in total. The summed E-state index contributed by atoms with van der Waals surface area (Å²) in [6, 6.07) is 4.54. The monoisotopic (exact) mass is 315 g/mol. The molecule has 1 aromatic rings. The number of sulfonamides is 1. The number of methoxy groups -OCH3 is 2. The van der Waals surface area contributed by atoms with Crippen LogP contribution in [0.2, 0.25) is 0 Å². The predicted molar refractivity (Wildman–Crippen MR) is 74.0 cm³/mol. The number of hydrogen-bond donors (Lipinski definition) is 1. The molecule has 116 valence electrons. The molecular weight excluding hydrogens is 298 g/mol. The van der Waals surface area contributed by atoms with Crippen molar-refractivity contribution in [2.75, 3.05) is 27.3 Å². The van der Waals surface area contributed by atoms with Crippen LogP contribution in [0.5, 0.6) is 11.5 Å². The standard InChI is InChI=1S/C13H17NO6S/c1-19-10-3-4-11(20-2)12(6-10)21(17,18)14-7-9(8-14)5-13(15)16/h3-4,6,9H,5,7-8H2,1-2H3,(H,15,16). The summed E-state index contributed by atoms with van der Waals surface area (Å²) >= 11 is 0. The molecule has 1 aromatic carbocycles. The minimum atomic E-state index is -3.71. The zero-order chi connectivity index (χ0) is 15.6. The highest BCUT2D eigenvalue weighted by molar-refractivity contribution is 7.89. The van der Waals surface area contributed by atoms with Crippen LogP contribution in [-0.2, 0) is 14.8 Å². The van der Waals surface area contributed by atoms with E-state index in [9.17, 15) is 13.2 Å². The maximum Gasteiger partial charge on any atom is 0.303 e. The second-order valence-electron chi connectivity index (χ2n) is 4.80. The Morgan fingerprint density at radius 3 is 2.52 bits per heavy atom. The summed E-state index contributed by atoms with van der Waals surface area (Å²) in [6.45, 7) is 0.407. The van der Waals surface area contributed by atoms with Gasteiger partial charge < -0.3 is 14.6 Å². The molecule has 0 bridgehead atoms. The number of carbonyl (C=O) groups is 1. The van der Waals surface area contributed by atoms with Crippen LogP contribution in [0.3, 0.4) is 0 Å². The molecule has 0 atom stereocenters. The molecule has 1 fully saturated rings. The van der Waals surface area contributed by atoms with E-state index in [-0.39, 0.29) is 36.1 Å². The second-order valence-corrected chi connectivity index (χ2v) is 6.71. The van der Waals surface area contributed by atoms with Crippen molar-refractivity contribution >= 4 is 16.0 Å². The molecule has 1 aliphatic heterocycles. The molecule has 2 rings (SSSR count). The molecule has 0 amide bonds. The van der Waals surface area contributed by atoms with Gasteiger partial charge in [0.15, 0.2) is 0 Å². The lowest BCUT2D eigenvalue weighted by molar-refractivity contribution is -0.139. The Bertz CT molecular complexity index is 636. The quantitative estimate of drug-likeness (QED) is 0.834. The Balaban J connectivity index is 2.23. The van der Waals surface area contributed by atoms with Crippen molar-refractivity contribution in [1.29, 1.82) is 0 Å². The van der Waals surface area contributed by atoms with E-state index in [0.29, 0.717) is 5.75 Å². The van der Waals surface area contributed by atoms with E-state index in [0.717, 1.165) is 0 Å². The fraction of sp³-hybridized carbons (Fsp3) is 0.462. The van der Waals surface area contributed by atoms with Gasteiger partial charge in [0.25, 0.3) is 0 Å². The van der Waals surface area contributed by atoms with Crippen molar-refractivity contribution in [3.05, 3.63) is 18.2 Å². The third kappa shape index (κ3) is 3.11. The fourth-order valence-electron chi connectivity index (χ4n) is 2.22. The zero-order valence-corrected chi connectivity index (χ0v) is 12.6. The molecule has 0 unspecified atom stereocenters. The first-order valence-electron chi connectivity index (χ1n) is 6.32. The Labute approximate surface area is 123 Å². The Morgan fingerprint density at radius 1 is 1.33 bits per heavy atom. The van der Waals surface area contributed by atoms with Crippen molar-refractivity contribution in [3.8, 4) is 11.5 Å². The predicted octanol–water partition coefficient (Wildman–Crippen LogP) is 0.799. The molecule has 1 N–H and O–H groups in total. The van der Waals surface area contributed by atoms with Crippen LogP contribution in [0.25, 0.3) is 0 Å². The summed E-state index contributed by atoms with van der Waals surface area (Å²) in [4.78, 5) is 10.6. The molecule has 8 heteroatoms. The van der Waals surface area contributed by atoms with Crippen molar-refractivity contribution in [2.24, 2.45) is 5.92 Å². The second kappa shape index (κ2) is 5.90. The topological polar surface area (TPSA) is 93.1 Å². The van der Waals surface area contributed by atoms with E-state index < -0.39 is 16.0 Å². The van der Waals surface area contributed by atoms with Crippen LogP contribution in [0, 0.1) is 5.92 Å². The van der Waals surface area contributed by atoms with Gasteiger partial charge in [-0.3, -0.25) is 4.79 Å². The summed E-state index contributed by atoms with van der Waals surface area (Å²) < 4.78 is 36.4. The summed E-state index contributed by atoms with van der Waals surface area (Å²) in [5, 5.41) is 8.70. The smallest absolute Gasteiger partial charge is 0.303 e. The van der Waals surface area contributed by atoms with Gasteiger partial charge in [-0.1, -0.05) is 0 Å². The molecule has 1 aliphatic rings. The van der Waals surface area contributed by atoms with Gasteiger partial charge in [0, 0.05) is 19.2 Å². The number of aliphatic carboxylic acids is 1. The minimum absolute atomic E-state index is 0.0260. The van der Waals surface area contributed by atoms with Gasteiger partial charge in [0.2, 0.25) is 10.0 Å². The van der Waals surface area contributed by atoms with Crippen LogP contribution in [-0.4, -0.2) is 51.1 Å². The van der Waals surface area contributed by atoms with Gasteiger partial charge >= 0.3 is 5.97 Å². The Hall–Kier alpha value is -1.80. The maximum atomic E-state index is 12.5. The van der Waals surface area contributed by atoms with Gasteiger partial charge in [-0.25, -0.2) is 8.42 Å². The highest BCUT2D eigenvalue weighted by atomic mass is 32.2. The number of hydrogen-bond acceptors (Lipinski definition) is 5. The normalized spacial score (nSPS) is 16.3. The van der Waals surface area contributed by atoms with Crippen molar-refractivity contribution in [3.63, 3.8) is 0 Å². The lowest BCUT2D eigenvalue weighted by Gasteiger charge is -2.37. The minimum Gasteiger partial charge on any atom is -0.497 e. The molecule has 0 saturated carbocycles. The van der Waals surface area contributed by atoms with Crippen molar-refractivity contribution in [1.82, 2.24) is 4.31 Å². The molecule has 21 heavy (non-hydrogen) atoms. The average molecular weight is 315 g/mol. The van der Waals surface area contributed by atoms with E-state index in [2.05, 4.69) is 0 Å². The number of carboxylic acids is 1. The van der Waals surface area contributed by atoms with Gasteiger partial charge in [-0.2, -0.15) is 4.31 Å². The van der Waals surface area contributed by atoms with Gasteiger partial charge in [0.05, 0.1) is 20.6 Å². The number of nitrogens with zero attached hydrogens (tertiary/aromatic N) is 1. The van der Waals surface area contributed by atoms with Crippen LogP contribution in [0.15, 0.2) is 23.1 Å². The van der Waals surface area contributed by atoms with Crippen molar-refractivity contribution in [2.45, 2.75) is 11.3 Å². The molecule has 0 spiro atoms. The summed E-state index contributed by atoms with van der Waals surface area (Å²) in [5.41, 5.74) is 0. The van der Waals surface area contributed by atoms with Crippen LogP contribution < -0.4 is 9.47 Å². The first-order chi connectivity index (χ1) is 9.88. The van der Waals surface area contributed by atoms with Crippen LogP contribution >= 0.6 is 0 Å². The molecule has 1 saturated heterocycles. The first kappa shape index (κ1) is 15.6. The van der Waals surface area contributed by atoms with Crippen molar-refractivity contribution < 1.29 is 27.8 Å². The molecule has 0 aromatic heterocycles. The third-order valence-corrected chi connectivity index (χ3v) is 5.23. The molecule has 1 heterocycles. The van der Waals surface area contributed by atoms with Gasteiger partial charge in [0.1, 0.15) is 16.4 Å². The van der Waals surface area contributed by atoms with E-state index in [4.69, 9.17) is 14.6 Å². The summed E-state index contributed by atoms with van der Waals surface area (Å²) in [6.07, 6.45) is -0.0265. The summed E-state index contributed by atoms with van der Waals surface area (Å²) in [5.74, 6) is -0.417. The highest BCUT2D eigenvalue weighted by Gasteiger charge is 2.39. The number of rotatable bonds is 6. The molecule has 0 radical (unpaired) electrons. The summed E-state index contributed by atoms with van der Waals surface area (Å²) in [7, 11) is -0.869. The number of benzene rings is 1. The SMILES string of the molecule is COc1ccc(OC)c(S(=O)(=O)N2CC(CC(=O)O)C2)c1. The van der Waals surface area contributed by atoms with E-state index in [1.54, 1.807) is 6.07 Å². The lowest BCUT2D eigenvalue weighted by Crippen LogP contribution is -2.50. The highest BCUT2D eigenvalue weighted by Crippen LogP contribution is 2.34. The Kier molecular flexibility index (Phi) is 4.38. The molecule has 0 aliphatic carbocycles. The molecular formula is C13H17NO6S. The van der Waals surface area contributed by atoms with E-state index >= 15 is 0 Å². The van der Waals surface area contributed by atoms with Crippen LogP contribution in [0.1, 0.15) is 6.42 Å².